The smallest absolute Gasteiger partial charge is 0.240 e. The lowest BCUT2D eigenvalue weighted by molar-refractivity contribution is 0.202. The van der Waals surface area contributed by atoms with Crippen molar-refractivity contribution in [2.24, 2.45) is 0 Å². The van der Waals surface area contributed by atoms with Gasteiger partial charge in [0.2, 0.25) is 5.88 Å². The summed E-state index contributed by atoms with van der Waals surface area (Å²) in [5, 5.41) is 0.616. The molecule has 1 aromatic heterocycles. The predicted molar refractivity (Wildman–Crippen MR) is 80.8 cm³/mol. The van der Waals surface area contributed by atoms with E-state index >= 15 is 0 Å². The van der Waals surface area contributed by atoms with E-state index < -0.39 is 0 Å². The summed E-state index contributed by atoms with van der Waals surface area (Å²) in [6.45, 7) is 0.682. The number of hydrogen-bond acceptors (Lipinski definition) is 4. The van der Waals surface area contributed by atoms with Gasteiger partial charge in [-0.25, -0.2) is 0 Å². The van der Waals surface area contributed by atoms with Crippen LogP contribution < -0.4 is 10.5 Å². The minimum atomic E-state index is 0.183. The maximum absolute atomic E-state index is 6.01. The minimum Gasteiger partial charge on any atom is -0.437 e. The normalized spacial score (nSPS) is 10.6. The summed E-state index contributed by atoms with van der Waals surface area (Å²) >= 11 is 11.8. The maximum atomic E-state index is 6.01. The summed E-state index contributed by atoms with van der Waals surface area (Å²) in [4.78, 5) is 4.01. The Morgan fingerprint density at radius 3 is 2.50 bits per heavy atom. The van der Waals surface area contributed by atoms with Gasteiger partial charge in [0.25, 0.3) is 0 Å². The topological polar surface area (TPSA) is 57.4 Å². The van der Waals surface area contributed by atoms with Crippen LogP contribution in [0.5, 0.6) is 11.6 Å². The van der Waals surface area contributed by atoms with Crippen LogP contribution >= 0.6 is 23.2 Å². The average Bonchev–Trinajstić information content (AvgIpc) is 2.44. The van der Waals surface area contributed by atoms with Gasteiger partial charge in [0.15, 0.2) is 0 Å². The van der Waals surface area contributed by atoms with Gasteiger partial charge in [0, 0.05) is 7.11 Å². The molecule has 0 unspecified atom stereocenters. The lowest BCUT2D eigenvalue weighted by Crippen LogP contribution is -1.96. The number of nitrogens with two attached hydrogens (primary N) is 1. The van der Waals surface area contributed by atoms with Gasteiger partial charge >= 0.3 is 0 Å². The minimum absolute atomic E-state index is 0.183. The number of ether oxygens (including phenoxy) is 2. The first-order valence-corrected chi connectivity index (χ1v) is 6.73. The summed E-state index contributed by atoms with van der Waals surface area (Å²) < 4.78 is 10.6. The second-order valence-electron chi connectivity index (χ2n) is 4.13. The first kappa shape index (κ1) is 14.9. The van der Waals surface area contributed by atoms with Crippen LogP contribution in [-0.4, -0.2) is 18.7 Å². The SMILES string of the molecule is COCCc1ccc(Oc2nc(N)c(Cl)cc2Cl)cc1. The summed E-state index contributed by atoms with van der Waals surface area (Å²) in [6.07, 6.45) is 0.851. The Labute approximate surface area is 127 Å². The van der Waals surface area contributed by atoms with Crippen molar-refractivity contribution in [3.05, 3.63) is 45.9 Å². The van der Waals surface area contributed by atoms with E-state index in [1.54, 1.807) is 7.11 Å². The molecule has 0 aliphatic heterocycles. The fraction of sp³-hybridized carbons (Fsp3) is 0.214. The van der Waals surface area contributed by atoms with Gasteiger partial charge in [-0.3, -0.25) is 0 Å². The lowest BCUT2D eigenvalue weighted by Gasteiger charge is -2.09. The molecule has 0 saturated carbocycles. The van der Waals surface area contributed by atoms with E-state index in [1.165, 1.54) is 6.07 Å². The van der Waals surface area contributed by atoms with E-state index in [2.05, 4.69) is 4.98 Å². The molecule has 2 aromatic rings. The molecule has 2 rings (SSSR count). The highest BCUT2D eigenvalue weighted by molar-refractivity contribution is 6.36. The molecule has 0 fully saturated rings. The molecule has 0 bridgehead atoms. The van der Waals surface area contributed by atoms with Crippen LogP contribution in [0.3, 0.4) is 0 Å². The molecular formula is C14H14Cl2N2O2. The van der Waals surface area contributed by atoms with Crippen LogP contribution in [0.4, 0.5) is 5.82 Å². The van der Waals surface area contributed by atoms with Crippen LogP contribution in [0.1, 0.15) is 5.56 Å². The molecular weight excluding hydrogens is 299 g/mol. The molecule has 0 spiro atoms. The number of anilines is 1. The molecule has 106 valence electrons. The first-order valence-electron chi connectivity index (χ1n) is 5.97. The number of aromatic nitrogens is 1. The Morgan fingerprint density at radius 2 is 1.85 bits per heavy atom. The van der Waals surface area contributed by atoms with Crippen molar-refractivity contribution in [2.75, 3.05) is 19.5 Å². The van der Waals surface area contributed by atoms with Crippen LogP contribution in [-0.2, 0) is 11.2 Å². The Balaban J connectivity index is 2.12. The Morgan fingerprint density at radius 1 is 1.15 bits per heavy atom. The van der Waals surface area contributed by atoms with Crippen LogP contribution in [0.15, 0.2) is 30.3 Å². The van der Waals surface area contributed by atoms with Crippen molar-refractivity contribution in [3.8, 4) is 11.6 Å². The molecule has 2 N–H and O–H groups in total. The van der Waals surface area contributed by atoms with Gasteiger partial charge in [-0.05, 0) is 30.2 Å². The molecule has 1 heterocycles. The molecule has 0 aliphatic rings. The predicted octanol–water partition coefficient (Wildman–Crippen LogP) is 3.95. The van der Waals surface area contributed by atoms with Gasteiger partial charge < -0.3 is 15.2 Å². The third-order valence-corrected chi connectivity index (χ3v) is 3.23. The van der Waals surface area contributed by atoms with Crippen molar-refractivity contribution in [2.45, 2.75) is 6.42 Å². The van der Waals surface area contributed by atoms with Crippen LogP contribution in [0, 0.1) is 0 Å². The number of pyridine rings is 1. The largest absolute Gasteiger partial charge is 0.437 e. The zero-order valence-corrected chi connectivity index (χ0v) is 12.4. The zero-order valence-electron chi connectivity index (χ0n) is 10.9. The van der Waals surface area contributed by atoms with Gasteiger partial charge in [-0.1, -0.05) is 35.3 Å². The maximum Gasteiger partial charge on any atom is 0.240 e. The summed E-state index contributed by atoms with van der Waals surface area (Å²) in [5.74, 6) is 1.04. The standard InChI is InChI=1S/C14H14Cl2N2O2/c1-19-7-6-9-2-4-10(5-3-9)20-14-12(16)8-11(15)13(17)18-14/h2-5,8H,6-7H2,1H3,(H2,17,18). The quantitative estimate of drug-likeness (QED) is 0.908. The van der Waals surface area contributed by atoms with Crippen molar-refractivity contribution in [1.82, 2.24) is 4.98 Å². The summed E-state index contributed by atoms with van der Waals surface area (Å²) in [7, 11) is 1.68. The van der Waals surface area contributed by atoms with E-state index in [0.29, 0.717) is 22.4 Å². The van der Waals surface area contributed by atoms with E-state index in [1.807, 2.05) is 24.3 Å². The highest BCUT2D eigenvalue weighted by atomic mass is 35.5. The summed E-state index contributed by atoms with van der Waals surface area (Å²) in [5.41, 5.74) is 6.79. The molecule has 0 aliphatic carbocycles. The first-order chi connectivity index (χ1) is 9.60. The molecule has 4 nitrogen and oxygen atoms in total. The lowest BCUT2D eigenvalue weighted by atomic mass is 10.1. The second kappa shape index (κ2) is 6.79. The van der Waals surface area contributed by atoms with E-state index in [4.69, 9.17) is 38.4 Å². The number of rotatable bonds is 5. The van der Waals surface area contributed by atoms with Crippen LogP contribution in [0.25, 0.3) is 0 Å². The van der Waals surface area contributed by atoms with Crippen molar-refractivity contribution in [1.29, 1.82) is 0 Å². The fourth-order valence-corrected chi connectivity index (χ4v) is 1.99. The number of nitrogens with zero attached hydrogens (tertiary/aromatic N) is 1. The number of nitrogen functional groups attached to an aromatic ring is 1. The monoisotopic (exact) mass is 312 g/mol. The van der Waals surface area contributed by atoms with E-state index in [0.717, 1.165) is 12.0 Å². The van der Waals surface area contributed by atoms with E-state index in [-0.39, 0.29) is 11.7 Å². The Hall–Kier alpha value is -1.49. The molecule has 1 aromatic carbocycles. The number of methoxy groups -OCH3 is 1. The molecule has 0 amide bonds. The zero-order chi connectivity index (χ0) is 14.5. The van der Waals surface area contributed by atoms with Crippen molar-refractivity contribution >= 4 is 29.0 Å². The Bertz CT molecular complexity index is 588. The Kier molecular flexibility index (Phi) is 5.06. The third-order valence-electron chi connectivity index (χ3n) is 2.66. The molecule has 0 saturated heterocycles. The molecule has 20 heavy (non-hydrogen) atoms. The average molecular weight is 313 g/mol. The third kappa shape index (κ3) is 3.76. The van der Waals surface area contributed by atoms with Gasteiger partial charge in [0.05, 0.1) is 11.6 Å². The molecule has 0 radical (unpaired) electrons. The van der Waals surface area contributed by atoms with E-state index in [9.17, 15) is 0 Å². The summed E-state index contributed by atoms with van der Waals surface area (Å²) in [6, 6.07) is 9.11. The van der Waals surface area contributed by atoms with Gasteiger partial charge in [0.1, 0.15) is 16.6 Å². The second-order valence-corrected chi connectivity index (χ2v) is 4.95. The highest BCUT2D eigenvalue weighted by Gasteiger charge is 2.09. The van der Waals surface area contributed by atoms with Gasteiger partial charge in [-0.15, -0.1) is 0 Å². The van der Waals surface area contributed by atoms with Crippen molar-refractivity contribution < 1.29 is 9.47 Å². The van der Waals surface area contributed by atoms with Gasteiger partial charge in [-0.2, -0.15) is 4.98 Å². The highest BCUT2D eigenvalue weighted by Crippen LogP contribution is 2.32. The molecule has 6 heteroatoms. The van der Waals surface area contributed by atoms with Crippen LogP contribution in [0.2, 0.25) is 10.0 Å². The number of hydrogen-bond donors (Lipinski definition) is 1. The fourth-order valence-electron chi connectivity index (χ4n) is 1.59. The molecule has 0 atom stereocenters. The van der Waals surface area contributed by atoms with Crippen molar-refractivity contribution in [3.63, 3.8) is 0 Å². The number of halogens is 2. The number of benzene rings is 1.